The summed E-state index contributed by atoms with van der Waals surface area (Å²) in [4.78, 5) is 0. The Hall–Kier alpha value is -1.03. The lowest BCUT2D eigenvalue weighted by molar-refractivity contribution is 0.0980. The van der Waals surface area contributed by atoms with E-state index in [-0.39, 0.29) is 0 Å². The average molecular weight is 305 g/mol. The number of hydrogen-bond donors (Lipinski definition) is 1. The minimum absolute atomic E-state index is 0.351. The molecule has 1 saturated heterocycles. The summed E-state index contributed by atoms with van der Waals surface area (Å²) in [5, 5.41) is 5.72. The predicted molar refractivity (Wildman–Crippen MR) is 85.8 cm³/mol. The van der Waals surface area contributed by atoms with E-state index in [0.29, 0.717) is 6.10 Å². The molecular formula is C17H21ClN2O. The first-order valence-electron chi connectivity index (χ1n) is 7.92. The molecule has 2 aromatic rings. The Bertz CT molecular complexity index is 642. The highest BCUT2D eigenvalue weighted by Crippen LogP contribution is 2.27. The zero-order valence-corrected chi connectivity index (χ0v) is 12.9. The third-order valence-corrected chi connectivity index (χ3v) is 4.74. The normalized spacial score (nSPS) is 22.2. The highest BCUT2D eigenvalue weighted by Gasteiger charge is 2.22. The van der Waals surface area contributed by atoms with Crippen molar-refractivity contribution in [2.45, 2.75) is 50.9 Å². The first-order chi connectivity index (χ1) is 10.3. The van der Waals surface area contributed by atoms with Gasteiger partial charge in [0.05, 0.1) is 6.10 Å². The lowest BCUT2D eigenvalue weighted by Gasteiger charge is -2.11. The molecule has 4 heteroatoms. The molecule has 0 spiro atoms. The van der Waals surface area contributed by atoms with Crippen LogP contribution in [0.25, 0.3) is 10.9 Å². The van der Waals surface area contributed by atoms with Gasteiger partial charge in [-0.05, 0) is 43.4 Å². The summed E-state index contributed by atoms with van der Waals surface area (Å²) in [5.74, 6) is 0. The largest absolute Gasteiger partial charge is 0.376 e. The van der Waals surface area contributed by atoms with Crippen LogP contribution in [0.4, 0.5) is 0 Å². The molecule has 0 bridgehead atoms. The van der Waals surface area contributed by atoms with Gasteiger partial charge >= 0.3 is 0 Å². The quantitative estimate of drug-likeness (QED) is 0.911. The van der Waals surface area contributed by atoms with Gasteiger partial charge in [-0.1, -0.05) is 17.7 Å². The van der Waals surface area contributed by atoms with Crippen molar-refractivity contribution in [1.29, 1.82) is 0 Å². The fourth-order valence-electron chi connectivity index (χ4n) is 3.18. The zero-order chi connectivity index (χ0) is 14.2. The fourth-order valence-corrected chi connectivity index (χ4v) is 3.35. The number of aromatic nitrogens is 1. The van der Waals surface area contributed by atoms with Crippen molar-refractivity contribution in [3.63, 3.8) is 0 Å². The van der Waals surface area contributed by atoms with E-state index in [1.807, 2.05) is 6.07 Å². The Morgan fingerprint density at radius 2 is 2.19 bits per heavy atom. The van der Waals surface area contributed by atoms with Crippen molar-refractivity contribution >= 4 is 22.5 Å². The second-order valence-corrected chi connectivity index (χ2v) is 6.69. The second-order valence-electron chi connectivity index (χ2n) is 6.26. The van der Waals surface area contributed by atoms with E-state index >= 15 is 0 Å². The molecule has 112 valence electrons. The number of hydrogen-bond acceptors (Lipinski definition) is 2. The van der Waals surface area contributed by atoms with Crippen molar-refractivity contribution in [2.75, 3.05) is 6.61 Å². The molecule has 1 unspecified atom stereocenters. The topological polar surface area (TPSA) is 26.2 Å². The lowest BCUT2D eigenvalue weighted by Crippen LogP contribution is -2.15. The molecule has 0 amide bonds. The molecule has 1 saturated carbocycles. The predicted octanol–water partition coefficient (Wildman–Crippen LogP) is 3.73. The number of benzene rings is 1. The second kappa shape index (κ2) is 5.64. The number of fused-ring (bicyclic) bond motifs is 1. The van der Waals surface area contributed by atoms with E-state index < -0.39 is 0 Å². The number of nitrogens with zero attached hydrogens (tertiary/aromatic N) is 1. The first-order valence-corrected chi connectivity index (χ1v) is 8.29. The Kier molecular flexibility index (Phi) is 3.66. The third-order valence-electron chi connectivity index (χ3n) is 4.51. The van der Waals surface area contributed by atoms with Crippen molar-refractivity contribution in [2.24, 2.45) is 0 Å². The van der Waals surface area contributed by atoms with Crippen LogP contribution in [-0.4, -0.2) is 23.3 Å². The standard InChI is InChI=1S/C17H21ClN2O/c18-13-3-6-16-12(9-19-14-4-5-14)10-20(17(16)8-13)11-15-2-1-7-21-15/h3,6,8,10,14-15,19H,1-2,4-5,7,9,11H2. The monoisotopic (exact) mass is 304 g/mol. The van der Waals surface area contributed by atoms with Gasteiger partial charge in [-0.2, -0.15) is 0 Å². The maximum absolute atomic E-state index is 6.19. The number of ether oxygens (including phenoxy) is 1. The van der Waals surface area contributed by atoms with Crippen LogP contribution in [0.15, 0.2) is 24.4 Å². The molecule has 1 N–H and O–H groups in total. The SMILES string of the molecule is Clc1ccc2c(CNC3CC3)cn(CC3CCCO3)c2c1. The Morgan fingerprint density at radius 3 is 2.95 bits per heavy atom. The third kappa shape index (κ3) is 2.96. The molecular weight excluding hydrogens is 284 g/mol. The molecule has 1 aliphatic carbocycles. The minimum atomic E-state index is 0.351. The summed E-state index contributed by atoms with van der Waals surface area (Å²) in [7, 11) is 0. The molecule has 4 rings (SSSR count). The maximum atomic E-state index is 6.19. The van der Waals surface area contributed by atoms with E-state index in [4.69, 9.17) is 16.3 Å². The van der Waals surface area contributed by atoms with Crippen LogP contribution < -0.4 is 5.32 Å². The summed E-state index contributed by atoms with van der Waals surface area (Å²) >= 11 is 6.19. The molecule has 1 atom stereocenters. The summed E-state index contributed by atoms with van der Waals surface area (Å²) in [6, 6.07) is 6.94. The minimum Gasteiger partial charge on any atom is -0.376 e. The Morgan fingerprint density at radius 1 is 1.29 bits per heavy atom. The van der Waals surface area contributed by atoms with Crippen LogP contribution in [-0.2, 0) is 17.8 Å². The van der Waals surface area contributed by atoms with Crippen LogP contribution in [0.2, 0.25) is 5.02 Å². The van der Waals surface area contributed by atoms with Gasteiger partial charge in [-0.3, -0.25) is 0 Å². The van der Waals surface area contributed by atoms with E-state index in [1.165, 1.54) is 35.7 Å². The van der Waals surface area contributed by atoms with Gasteiger partial charge in [0, 0.05) is 47.9 Å². The van der Waals surface area contributed by atoms with Crippen LogP contribution in [0.3, 0.4) is 0 Å². The van der Waals surface area contributed by atoms with Crippen LogP contribution >= 0.6 is 11.6 Å². The first kappa shape index (κ1) is 13.6. The molecule has 21 heavy (non-hydrogen) atoms. The number of halogens is 1. The molecule has 1 aromatic heterocycles. The van der Waals surface area contributed by atoms with E-state index in [1.54, 1.807) is 0 Å². The average Bonchev–Trinajstić information content (AvgIpc) is 3.06. The Balaban J connectivity index is 1.64. The summed E-state index contributed by atoms with van der Waals surface area (Å²) in [6.45, 7) is 2.78. The van der Waals surface area contributed by atoms with E-state index in [0.717, 1.165) is 37.2 Å². The smallest absolute Gasteiger partial charge is 0.0754 e. The maximum Gasteiger partial charge on any atom is 0.0754 e. The van der Waals surface area contributed by atoms with Crippen molar-refractivity contribution in [3.05, 3.63) is 35.0 Å². The fraction of sp³-hybridized carbons (Fsp3) is 0.529. The molecule has 1 aliphatic heterocycles. The van der Waals surface area contributed by atoms with Crippen molar-refractivity contribution in [3.8, 4) is 0 Å². The van der Waals surface area contributed by atoms with Gasteiger partial charge in [0.25, 0.3) is 0 Å². The van der Waals surface area contributed by atoms with Crippen LogP contribution in [0.1, 0.15) is 31.2 Å². The van der Waals surface area contributed by atoms with Gasteiger partial charge in [0.1, 0.15) is 0 Å². The highest BCUT2D eigenvalue weighted by molar-refractivity contribution is 6.31. The Labute approximate surface area is 130 Å². The van der Waals surface area contributed by atoms with Crippen molar-refractivity contribution < 1.29 is 4.74 Å². The summed E-state index contributed by atoms with van der Waals surface area (Å²) in [6.07, 6.45) is 7.61. The summed E-state index contributed by atoms with van der Waals surface area (Å²) in [5.41, 5.74) is 2.59. The van der Waals surface area contributed by atoms with Gasteiger partial charge < -0.3 is 14.6 Å². The zero-order valence-electron chi connectivity index (χ0n) is 12.1. The highest BCUT2D eigenvalue weighted by atomic mass is 35.5. The van der Waals surface area contributed by atoms with Crippen LogP contribution in [0.5, 0.6) is 0 Å². The van der Waals surface area contributed by atoms with Crippen molar-refractivity contribution in [1.82, 2.24) is 9.88 Å². The van der Waals surface area contributed by atoms with Gasteiger partial charge in [0.15, 0.2) is 0 Å². The molecule has 3 nitrogen and oxygen atoms in total. The van der Waals surface area contributed by atoms with Gasteiger partial charge in [-0.15, -0.1) is 0 Å². The molecule has 2 aliphatic rings. The van der Waals surface area contributed by atoms with Gasteiger partial charge in [0.2, 0.25) is 0 Å². The van der Waals surface area contributed by atoms with Gasteiger partial charge in [-0.25, -0.2) is 0 Å². The molecule has 0 radical (unpaired) electrons. The molecule has 1 aromatic carbocycles. The number of nitrogens with one attached hydrogen (secondary N) is 1. The molecule has 2 heterocycles. The summed E-state index contributed by atoms with van der Waals surface area (Å²) < 4.78 is 8.10. The molecule has 2 fully saturated rings. The van der Waals surface area contributed by atoms with E-state index in [2.05, 4.69) is 28.2 Å². The van der Waals surface area contributed by atoms with E-state index in [9.17, 15) is 0 Å². The number of rotatable bonds is 5. The lowest BCUT2D eigenvalue weighted by atomic mass is 10.2. The van der Waals surface area contributed by atoms with Crippen LogP contribution in [0, 0.1) is 0 Å².